The number of aryl methyl sites for hydroxylation is 1. The van der Waals surface area contributed by atoms with E-state index in [-0.39, 0.29) is 18.4 Å². The van der Waals surface area contributed by atoms with Gasteiger partial charge in [0.25, 0.3) is 5.91 Å². The lowest BCUT2D eigenvalue weighted by Gasteiger charge is -2.12. The van der Waals surface area contributed by atoms with Crippen LogP contribution in [0.25, 0.3) is 5.69 Å². The van der Waals surface area contributed by atoms with E-state index in [1.54, 1.807) is 24.5 Å². The van der Waals surface area contributed by atoms with Gasteiger partial charge >= 0.3 is 0 Å². The lowest BCUT2D eigenvalue weighted by atomic mass is 10.0. The summed E-state index contributed by atoms with van der Waals surface area (Å²) >= 11 is 0. The third-order valence-corrected chi connectivity index (χ3v) is 4.85. The van der Waals surface area contributed by atoms with Crippen molar-refractivity contribution in [2.45, 2.75) is 33.6 Å². The fourth-order valence-corrected chi connectivity index (χ4v) is 3.30. The molecule has 1 aromatic carbocycles. The van der Waals surface area contributed by atoms with Gasteiger partial charge in [0, 0.05) is 23.3 Å². The minimum Gasteiger partial charge on any atom is -0.343 e. The predicted octanol–water partition coefficient (Wildman–Crippen LogP) is 3.98. The van der Waals surface area contributed by atoms with E-state index in [0.29, 0.717) is 17.2 Å². The van der Waals surface area contributed by atoms with E-state index >= 15 is 0 Å². The molecule has 0 aliphatic heterocycles. The quantitative estimate of drug-likeness (QED) is 0.668. The molecule has 2 heterocycles. The summed E-state index contributed by atoms with van der Waals surface area (Å²) in [7, 11) is 0. The number of pyridine rings is 1. The van der Waals surface area contributed by atoms with Gasteiger partial charge < -0.3 is 15.2 Å². The lowest BCUT2D eigenvalue weighted by molar-refractivity contribution is -0.115. The molecule has 3 rings (SSSR count). The highest BCUT2D eigenvalue weighted by Crippen LogP contribution is 2.23. The molecule has 0 aliphatic rings. The molecule has 6 heteroatoms. The van der Waals surface area contributed by atoms with Gasteiger partial charge in [0.15, 0.2) is 0 Å². The number of nitrogens with zero attached hydrogens (tertiary/aromatic N) is 2. The van der Waals surface area contributed by atoms with E-state index in [9.17, 15) is 9.59 Å². The largest absolute Gasteiger partial charge is 0.343 e. The van der Waals surface area contributed by atoms with Gasteiger partial charge in [0.05, 0.1) is 24.0 Å². The topological polar surface area (TPSA) is 76.0 Å². The second-order valence-corrected chi connectivity index (χ2v) is 7.34. The molecule has 2 aromatic heterocycles. The van der Waals surface area contributed by atoms with Crippen molar-refractivity contribution in [2.24, 2.45) is 0 Å². The Morgan fingerprint density at radius 2 is 1.83 bits per heavy atom. The molecule has 150 valence electrons. The van der Waals surface area contributed by atoms with Crippen molar-refractivity contribution in [3.63, 3.8) is 0 Å². The third-order valence-electron chi connectivity index (χ3n) is 4.85. The van der Waals surface area contributed by atoms with Gasteiger partial charge in [0.2, 0.25) is 5.91 Å². The minimum absolute atomic E-state index is 0.111. The zero-order chi connectivity index (χ0) is 21.0. The van der Waals surface area contributed by atoms with E-state index < -0.39 is 0 Å². The molecule has 0 bridgehead atoms. The molecule has 0 saturated heterocycles. The summed E-state index contributed by atoms with van der Waals surface area (Å²) in [6.45, 7) is 8.09. The number of carbonyl (C=O) groups excluding carboxylic acids is 2. The van der Waals surface area contributed by atoms with Gasteiger partial charge in [-0.15, -0.1) is 0 Å². The Balaban J connectivity index is 1.70. The van der Waals surface area contributed by atoms with Crippen LogP contribution in [0.15, 0.2) is 54.9 Å². The highest BCUT2D eigenvalue weighted by Gasteiger charge is 2.17. The van der Waals surface area contributed by atoms with Crippen LogP contribution in [-0.4, -0.2) is 27.9 Å². The van der Waals surface area contributed by atoms with Gasteiger partial charge in [-0.2, -0.15) is 0 Å². The highest BCUT2D eigenvalue weighted by atomic mass is 16.2. The predicted molar refractivity (Wildman–Crippen MR) is 115 cm³/mol. The average Bonchev–Trinajstić information content (AvgIpc) is 3.01. The van der Waals surface area contributed by atoms with Crippen LogP contribution in [0, 0.1) is 13.8 Å². The second-order valence-electron chi connectivity index (χ2n) is 7.34. The van der Waals surface area contributed by atoms with Gasteiger partial charge in [-0.05, 0) is 55.7 Å². The molecule has 6 nitrogen and oxygen atoms in total. The van der Waals surface area contributed by atoms with E-state index in [0.717, 1.165) is 17.1 Å². The Bertz CT molecular complexity index is 1010. The molecule has 29 heavy (non-hydrogen) atoms. The summed E-state index contributed by atoms with van der Waals surface area (Å²) in [6, 6.07) is 13.7. The Labute approximate surface area is 171 Å². The fraction of sp³-hybridized carbons (Fsp3) is 0.261. The number of aromatic nitrogens is 2. The number of carbonyl (C=O) groups is 2. The number of rotatable bonds is 6. The number of benzene rings is 1. The first-order valence-corrected chi connectivity index (χ1v) is 9.64. The van der Waals surface area contributed by atoms with Crippen LogP contribution < -0.4 is 10.6 Å². The normalized spacial score (nSPS) is 10.8. The van der Waals surface area contributed by atoms with Crippen molar-refractivity contribution in [1.29, 1.82) is 0 Å². The third kappa shape index (κ3) is 4.71. The zero-order valence-corrected chi connectivity index (χ0v) is 17.2. The molecule has 0 spiro atoms. The first-order valence-electron chi connectivity index (χ1n) is 9.64. The Kier molecular flexibility index (Phi) is 6.12. The van der Waals surface area contributed by atoms with Crippen molar-refractivity contribution >= 4 is 17.5 Å². The summed E-state index contributed by atoms with van der Waals surface area (Å²) in [5.41, 5.74) is 5.24. The first-order chi connectivity index (χ1) is 13.9. The van der Waals surface area contributed by atoms with Gasteiger partial charge in [0.1, 0.15) is 0 Å². The van der Waals surface area contributed by atoms with Gasteiger partial charge in [-0.25, -0.2) is 0 Å². The highest BCUT2D eigenvalue weighted by molar-refractivity contribution is 6.00. The van der Waals surface area contributed by atoms with E-state index in [4.69, 9.17) is 0 Å². The molecule has 0 radical (unpaired) electrons. The second kappa shape index (κ2) is 8.73. The minimum atomic E-state index is -0.301. The van der Waals surface area contributed by atoms with E-state index in [1.807, 2.05) is 19.9 Å². The molecule has 0 atom stereocenters. The summed E-state index contributed by atoms with van der Waals surface area (Å²) in [5, 5.41) is 5.39. The summed E-state index contributed by atoms with van der Waals surface area (Å²) in [4.78, 5) is 28.6. The molecule has 0 aliphatic carbocycles. The van der Waals surface area contributed by atoms with Crippen LogP contribution in [0.1, 0.15) is 47.1 Å². The van der Waals surface area contributed by atoms with Crippen LogP contribution >= 0.6 is 0 Å². The molecule has 2 amide bonds. The Hall–Kier alpha value is -3.41. The van der Waals surface area contributed by atoms with Crippen molar-refractivity contribution in [3.8, 4) is 5.69 Å². The Morgan fingerprint density at radius 1 is 1.10 bits per heavy atom. The van der Waals surface area contributed by atoms with Crippen molar-refractivity contribution in [1.82, 2.24) is 14.9 Å². The number of hydrogen-bond acceptors (Lipinski definition) is 3. The summed E-state index contributed by atoms with van der Waals surface area (Å²) in [6.07, 6.45) is 3.18. The molecular weight excluding hydrogens is 364 g/mol. The van der Waals surface area contributed by atoms with Crippen molar-refractivity contribution in [3.05, 3.63) is 77.4 Å². The molecular formula is C23H26N4O2. The molecule has 0 saturated carbocycles. The molecule has 3 aromatic rings. The standard InChI is InChI=1S/C23H26N4O2/c1-15(2)18-7-9-20(10-8-18)27-16(3)12-21(17(27)4)23(29)25-14-22(28)26-19-6-5-11-24-13-19/h5-13,15H,14H2,1-4H3,(H,25,29)(H,26,28). The number of anilines is 1. The van der Waals surface area contributed by atoms with Crippen LogP contribution in [0.2, 0.25) is 0 Å². The number of hydrogen-bond donors (Lipinski definition) is 2. The Morgan fingerprint density at radius 3 is 2.45 bits per heavy atom. The van der Waals surface area contributed by atoms with Crippen LogP contribution in [0.4, 0.5) is 5.69 Å². The molecule has 2 N–H and O–H groups in total. The maximum atomic E-state index is 12.6. The lowest BCUT2D eigenvalue weighted by Crippen LogP contribution is -2.33. The van der Waals surface area contributed by atoms with Gasteiger partial charge in [-0.1, -0.05) is 26.0 Å². The smallest absolute Gasteiger partial charge is 0.253 e. The van der Waals surface area contributed by atoms with Crippen LogP contribution in [-0.2, 0) is 4.79 Å². The molecule has 0 unspecified atom stereocenters. The van der Waals surface area contributed by atoms with Crippen molar-refractivity contribution < 1.29 is 9.59 Å². The number of nitrogens with one attached hydrogen (secondary N) is 2. The number of amides is 2. The van der Waals surface area contributed by atoms with E-state index in [2.05, 4.69) is 58.3 Å². The van der Waals surface area contributed by atoms with E-state index in [1.165, 1.54) is 5.56 Å². The average molecular weight is 390 g/mol. The van der Waals surface area contributed by atoms with Gasteiger partial charge in [-0.3, -0.25) is 14.6 Å². The van der Waals surface area contributed by atoms with Crippen LogP contribution in [0.5, 0.6) is 0 Å². The SMILES string of the molecule is Cc1cc(C(=O)NCC(=O)Nc2cccnc2)c(C)n1-c1ccc(C(C)C)cc1. The maximum Gasteiger partial charge on any atom is 0.253 e. The summed E-state index contributed by atoms with van der Waals surface area (Å²) in [5.74, 6) is -0.107. The monoisotopic (exact) mass is 390 g/mol. The fourth-order valence-electron chi connectivity index (χ4n) is 3.30. The first kappa shape index (κ1) is 20.3. The molecule has 0 fully saturated rings. The van der Waals surface area contributed by atoms with Crippen molar-refractivity contribution in [2.75, 3.05) is 11.9 Å². The zero-order valence-electron chi connectivity index (χ0n) is 17.2. The van der Waals surface area contributed by atoms with Crippen LogP contribution in [0.3, 0.4) is 0 Å². The maximum absolute atomic E-state index is 12.6. The summed E-state index contributed by atoms with van der Waals surface area (Å²) < 4.78 is 2.05.